The van der Waals surface area contributed by atoms with E-state index >= 15 is 0 Å². The van der Waals surface area contributed by atoms with Gasteiger partial charge in [-0.05, 0) is 45.1 Å². The van der Waals surface area contributed by atoms with Crippen LogP contribution in [0.3, 0.4) is 0 Å². The fraction of sp³-hybridized carbons (Fsp3) is 0.522. The van der Waals surface area contributed by atoms with Gasteiger partial charge in [0, 0.05) is 13.0 Å². The van der Waals surface area contributed by atoms with Gasteiger partial charge in [-0.1, -0.05) is 36.8 Å². The molecule has 1 unspecified atom stereocenters. The largest absolute Gasteiger partial charge is 0.444 e. The Kier molecular flexibility index (Phi) is 5.30. The number of amides is 1. The summed E-state index contributed by atoms with van der Waals surface area (Å²) in [5.41, 5.74) is 7.89. The van der Waals surface area contributed by atoms with E-state index in [0.717, 1.165) is 24.8 Å². The maximum atomic E-state index is 13.6. The first-order valence-electron chi connectivity index (χ1n) is 10.7. The number of nitrogens with zero attached hydrogens (tertiary/aromatic N) is 3. The molecule has 1 aliphatic carbocycles. The van der Waals surface area contributed by atoms with E-state index in [-0.39, 0.29) is 24.1 Å². The SMILES string of the molecule is CC(C)(C)OC(=O)N1CCc2nc(N)n(C(c3ccccc3)C3CCC3)c(=O)c2C1. The molecular formula is C23H30N4O3. The average molecular weight is 411 g/mol. The number of benzene rings is 1. The first-order valence-corrected chi connectivity index (χ1v) is 10.7. The zero-order valence-corrected chi connectivity index (χ0v) is 17.9. The van der Waals surface area contributed by atoms with E-state index in [1.165, 1.54) is 0 Å². The Labute approximate surface area is 176 Å². The molecule has 1 aromatic heterocycles. The van der Waals surface area contributed by atoms with Gasteiger partial charge in [0.15, 0.2) is 0 Å². The Morgan fingerprint density at radius 3 is 2.53 bits per heavy atom. The third-order valence-corrected chi connectivity index (χ3v) is 5.96. The van der Waals surface area contributed by atoms with Crippen LogP contribution in [0, 0.1) is 5.92 Å². The van der Waals surface area contributed by atoms with Crippen molar-refractivity contribution in [1.82, 2.24) is 14.5 Å². The van der Waals surface area contributed by atoms with Crippen LogP contribution in [-0.4, -0.2) is 32.7 Å². The minimum atomic E-state index is -0.584. The number of rotatable bonds is 3. The molecule has 1 aromatic carbocycles. The fourth-order valence-electron chi connectivity index (χ4n) is 4.30. The zero-order chi connectivity index (χ0) is 21.5. The lowest BCUT2D eigenvalue weighted by Gasteiger charge is -2.37. The van der Waals surface area contributed by atoms with E-state index in [9.17, 15) is 9.59 Å². The quantitative estimate of drug-likeness (QED) is 0.836. The van der Waals surface area contributed by atoms with E-state index in [1.807, 2.05) is 51.1 Å². The molecule has 1 amide bonds. The van der Waals surface area contributed by atoms with Crippen molar-refractivity contribution in [3.05, 3.63) is 57.5 Å². The summed E-state index contributed by atoms with van der Waals surface area (Å²) in [4.78, 5) is 32.3. The van der Waals surface area contributed by atoms with Gasteiger partial charge < -0.3 is 15.4 Å². The molecule has 7 nitrogen and oxygen atoms in total. The fourth-order valence-corrected chi connectivity index (χ4v) is 4.30. The topological polar surface area (TPSA) is 90.4 Å². The van der Waals surface area contributed by atoms with Crippen molar-refractivity contribution in [2.24, 2.45) is 5.92 Å². The molecule has 2 heterocycles. The number of anilines is 1. The second-order valence-electron chi connectivity index (χ2n) is 9.27. The molecule has 7 heteroatoms. The third-order valence-electron chi connectivity index (χ3n) is 5.96. The molecule has 2 aliphatic rings. The maximum Gasteiger partial charge on any atom is 0.410 e. The van der Waals surface area contributed by atoms with Crippen LogP contribution in [0.25, 0.3) is 0 Å². The Hall–Kier alpha value is -2.83. The van der Waals surface area contributed by atoms with Gasteiger partial charge in [0.05, 0.1) is 23.8 Å². The van der Waals surface area contributed by atoms with Gasteiger partial charge >= 0.3 is 6.09 Å². The van der Waals surface area contributed by atoms with Crippen molar-refractivity contribution in [2.75, 3.05) is 12.3 Å². The molecule has 30 heavy (non-hydrogen) atoms. The van der Waals surface area contributed by atoms with Crippen LogP contribution in [-0.2, 0) is 17.7 Å². The first kappa shape index (κ1) is 20.4. The highest BCUT2D eigenvalue weighted by atomic mass is 16.6. The molecule has 0 bridgehead atoms. The van der Waals surface area contributed by atoms with Gasteiger partial charge in [0.1, 0.15) is 5.60 Å². The lowest BCUT2D eigenvalue weighted by molar-refractivity contribution is 0.0221. The molecule has 160 valence electrons. The predicted octanol–water partition coefficient (Wildman–Crippen LogP) is 3.51. The monoisotopic (exact) mass is 410 g/mol. The van der Waals surface area contributed by atoms with Crippen molar-refractivity contribution in [3.63, 3.8) is 0 Å². The number of fused-ring (bicyclic) bond motifs is 1. The summed E-state index contributed by atoms with van der Waals surface area (Å²) in [6.07, 6.45) is 3.37. The number of hydrogen-bond donors (Lipinski definition) is 1. The number of nitrogen functional groups attached to an aromatic ring is 1. The molecule has 4 rings (SSSR count). The first-order chi connectivity index (χ1) is 14.2. The van der Waals surface area contributed by atoms with E-state index in [4.69, 9.17) is 10.5 Å². The highest BCUT2D eigenvalue weighted by Gasteiger charge is 2.35. The average Bonchev–Trinajstić information content (AvgIpc) is 2.65. The van der Waals surface area contributed by atoms with Gasteiger partial charge in [-0.25, -0.2) is 9.78 Å². The predicted molar refractivity (Wildman–Crippen MR) is 115 cm³/mol. The van der Waals surface area contributed by atoms with E-state index in [0.29, 0.717) is 30.1 Å². The number of carbonyl (C=O) groups is 1. The number of ether oxygens (including phenoxy) is 1. The number of carbonyl (C=O) groups excluding carboxylic acids is 1. The van der Waals surface area contributed by atoms with Crippen molar-refractivity contribution in [2.45, 2.75) is 64.6 Å². The highest BCUT2D eigenvalue weighted by molar-refractivity contribution is 5.68. The Bertz CT molecular complexity index is 990. The summed E-state index contributed by atoms with van der Waals surface area (Å²) < 4.78 is 7.15. The molecule has 0 radical (unpaired) electrons. The van der Waals surface area contributed by atoms with Crippen molar-refractivity contribution in [3.8, 4) is 0 Å². The minimum absolute atomic E-state index is 0.137. The van der Waals surface area contributed by atoms with Crippen molar-refractivity contribution < 1.29 is 9.53 Å². The zero-order valence-electron chi connectivity index (χ0n) is 17.9. The number of nitrogens with two attached hydrogens (primary N) is 1. The van der Waals surface area contributed by atoms with Crippen molar-refractivity contribution >= 4 is 12.0 Å². The third kappa shape index (κ3) is 3.93. The Morgan fingerprint density at radius 2 is 1.93 bits per heavy atom. The highest BCUT2D eigenvalue weighted by Crippen LogP contribution is 2.40. The van der Waals surface area contributed by atoms with Crippen LogP contribution in [0.15, 0.2) is 35.1 Å². The summed E-state index contributed by atoms with van der Waals surface area (Å²) in [6.45, 7) is 6.16. The van der Waals surface area contributed by atoms with Gasteiger partial charge in [-0.15, -0.1) is 0 Å². The standard InChI is InChI=1S/C23H30N4O3/c1-23(2,3)30-22(29)26-13-12-18-17(14-26)20(28)27(21(24)25-18)19(16-10-7-11-16)15-8-5-4-6-9-15/h4-6,8-9,16,19H,7,10-14H2,1-3H3,(H2,24,25). The molecule has 1 aliphatic heterocycles. The molecule has 1 saturated carbocycles. The van der Waals surface area contributed by atoms with Crippen LogP contribution in [0.4, 0.5) is 10.7 Å². The van der Waals surface area contributed by atoms with E-state index in [1.54, 1.807) is 9.47 Å². The minimum Gasteiger partial charge on any atom is -0.444 e. The van der Waals surface area contributed by atoms with E-state index < -0.39 is 11.7 Å². The van der Waals surface area contributed by atoms with Crippen molar-refractivity contribution in [1.29, 1.82) is 0 Å². The molecule has 2 N–H and O–H groups in total. The van der Waals surface area contributed by atoms with Crippen LogP contribution >= 0.6 is 0 Å². The summed E-state index contributed by atoms with van der Waals surface area (Å²) >= 11 is 0. The molecule has 2 aromatic rings. The summed E-state index contributed by atoms with van der Waals surface area (Å²) in [6, 6.07) is 9.89. The summed E-state index contributed by atoms with van der Waals surface area (Å²) in [7, 11) is 0. The van der Waals surface area contributed by atoms with Gasteiger partial charge in [0.2, 0.25) is 5.95 Å². The normalized spacial score (nSPS) is 17.8. The van der Waals surface area contributed by atoms with Crippen LogP contribution in [0.5, 0.6) is 0 Å². The second-order valence-corrected chi connectivity index (χ2v) is 9.27. The maximum absolute atomic E-state index is 13.6. The lowest BCUT2D eigenvalue weighted by Crippen LogP contribution is -2.45. The van der Waals surface area contributed by atoms with Gasteiger partial charge in [-0.3, -0.25) is 9.36 Å². The Balaban J connectivity index is 1.72. The van der Waals surface area contributed by atoms with Crippen LogP contribution in [0.2, 0.25) is 0 Å². The van der Waals surface area contributed by atoms with E-state index in [2.05, 4.69) is 4.98 Å². The van der Waals surface area contributed by atoms with Crippen LogP contribution < -0.4 is 11.3 Å². The molecule has 0 spiro atoms. The lowest BCUT2D eigenvalue weighted by atomic mass is 9.77. The van der Waals surface area contributed by atoms with Crippen LogP contribution in [0.1, 0.15) is 62.9 Å². The summed E-state index contributed by atoms with van der Waals surface area (Å²) in [5.74, 6) is 0.614. The molecular weight excluding hydrogens is 380 g/mol. The van der Waals surface area contributed by atoms with Gasteiger partial charge in [-0.2, -0.15) is 0 Å². The number of hydrogen-bond acceptors (Lipinski definition) is 5. The van der Waals surface area contributed by atoms with Gasteiger partial charge in [0.25, 0.3) is 5.56 Å². The smallest absolute Gasteiger partial charge is 0.410 e. The number of aromatic nitrogens is 2. The molecule has 1 atom stereocenters. The Morgan fingerprint density at radius 1 is 1.23 bits per heavy atom. The second kappa shape index (κ2) is 7.78. The molecule has 1 fully saturated rings. The molecule has 0 saturated heterocycles. The summed E-state index contributed by atoms with van der Waals surface area (Å²) in [5, 5.41) is 0.